The van der Waals surface area contributed by atoms with Crippen LogP contribution in [0.15, 0.2) is 30.3 Å². The van der Waals surface area contributed by atoms with Crippen LogP contribution >= 0.6 is 0 Å². The minimum absolute atomic E-state index is 0.0971. The molecule has 0 radical (unpaired) electrons. The SMILES string of the molecule is CN(C)C(CNC1CCCS(=O)(=O)C1)c1ccccc1. The van der Waals surface area contributed by atoms with Crippen LogP contribution in [0, 0.1) is 0 Å². The largest absolute Gasteiger partial charge is 0.311 e. The highest BCUT2D eigenvalue weighted by Gasteiger charge is 2.25. The van der Waals surface area contributed by atoms with Gasteiger partial charge in [0.05, 0.1) is 11.5 Å². The van der Waals surface area contributed by atoms with Crippen molar-refractivity contribution >= 4 is 9.84 Å². The molecule has 0 aliphatic carbocycles. The average Bonchev–Trinajstić information content (AvgIpc) is 2.38. The molecule has 0 saturated carbocycles. The summed E-state index contributed by atoms with van der Waals surface area (Å²) >= 11 is 0. The molecule has 1 aromatic carbocycles. The van der Waals surface area contributed by atoms with Gasteiger partial charge in [-0.3, -0.25) is 0 Å². The second kappa shape index (κ2) is 6.70. The van der Waals surface area contributed by atoms with Gasteiger partial charge in [0.1, 0.15) is 0 Å². The van der Waals surface area contributed by atoms with E-state index in [9.17, 15) is 8.42 Å². The molecule has 1 aliphatic heterocycles. The molecule has 0 spiro atoms. The first-order chi connectivity index (χ1) is 9.48. The van der Waals surface area contributed by atoms with Gasteiger partial charge in [0.15, 0.2) is 9.84 Å². The van der Waals surface area contributed by atoms with Gasteiger partial charge >= 0.3 is 0 Å². The summed E-state index contributed by atoms with van der Waals surface area (Å²) in [7, 11) is 1.26. The highest BCUT2D eigenvalue weighted by molar-refractivity contribution is 7.91. The van der Waals surface area contributed by atoms with E-state index in [-0.39, 0.29) is 17.8 Å². The van der Waals surface area contributed by atoms with Crippen molar-refractivity contribution in [1.29, 1.82) is 0 Å². The topological polar surface area (TPSA) is 49.4 Å². The summed E-state index contributed by atoms with van der Waals surface area (Å²) < 4.78 is 23.3. The Morgan fingerprint density at radius 2 is 2.00 bits per heavy atom. The average molecular weight is 296 g/mol. The van der Waals surface area contributed by atoms with Gasteiger partial charge in [-0.2, -0.15) is 0 Å². The van der Waals surface area contributed by atoms with E-state index in [1.807, 2.05) is 18.2 Å². The molecule has 2 atom stereocenters. The Balaban J connectivity index is 1.96. The van der Waals surface area contributed by atoms with Gasteiger partial charge in [-0.1, -0.05) is 30.3 Å². The van der Waals surface area contributed by atoms with Crippen molar-refractivity contribution in [3.8, 4) is 0 Å². The molecular formula is C15H24N2O2S. The molecule has 1 heterocycles. The van der Waals surface area contributed by atoms with Gasteiger partial charge in [-0.05, 0) is 32.5 Å². The first kappa shape index (κ1) is 15.5. The van der Waals surface area contributed by atoms with E-state index >= 15 is 0 Å². The summed E-state index contributed by atoms with van der Waals surface area (Å²) in [5.74, 6) is 0.628. The number of hydrogen-bond donors (Lipinski definition) is 1. The molecule has 0 amide bonds. The van der Waals surface area contributed by atoms with Crippen molar-refractivity contribution in [2.75, 3.05) is 32.1 Å². The normalized spacial score (nSPS) is 23.6. The van der Waals surface area contributed by atoms with E-state index in [0.717, 1.165) is 19.4 Å². The van der Waals surface area contributed by atoms with Gasteiger partial charge in [-0.25, -0.2) is 8.42 Å². The first-order valence-electron chi connectivity index (χ1n) is 7.13. The van der Waals surface area contributed by atoms with Crippen molar-refractivity contribution in [1.82, 2.24) is 10.2 Å². The number of nitrogens with one attached hydrogen (secondary N) is 1. The fourth-order valence-corrected chi connectivity index (χ4v) is 4.41. The van der Waals surface area contributed by atoms with Gasteiger partial charge in [-0.15, -0.1) is 0 Å². The van der Waals surface area contributed by atoms with Crippen molar-refractivity contribution < 1.29 is 8.42 Å². The van der Waals surface area contributed by atoms with Gasteiger partial charge < -0.3 is 10.2 Å². The Morgan fingerprint density at radius 3 is 2.60 bits per heavy atom. The third-order valence-corrected chi connectivity index (χ3v) is 5.69. The van der Waals surface area contributed by atoms with Crippen LogP contribution in [0.25, 0.3) is 0 Å². The predicted molar refractivity (Wildman–Crippen MR) is 82.5 cm³/mol. The molecule has 1 aromatic rings. The minimum atomic E-state index is -2.84. The molecule has 20 heavy (non-hydrogen) atoms. The highest BCUT2D eigenvalue weighted by Crippen LogP contribution is 2.18. The van der Waals surface area contributed by atoms with E-state index < -0.39 is 9.84 Å². The van der Waals surface area contributed by atoms with E-state index in [1.54, 1.807) is 0 Å². The standard InChI is InChI=1S/C15H24N2O2S/c1-17(2)15(13-7-4-3-5-8-13)11-16-14-9-6-10-20(18,19)12-14/h3-5,7-8,14-16H,6,9-12H2,1-2H3. The lowest BCUT2D eigenvalue weighted by atomic mass is 10.1. The fourth-order valence-electron chi connectivity index (χ4n) is 2.74. The highest BCUT2D eigenvalue weighted by atomic mass is 32.2. The maximum absolute atomic E-state index is 11.7. The van der Waals surface area contributed by atoms with Crippen LogP contribution in [-0.4, -0.2) is 51.5 Å². The lowest BCUT2D eigenvalue weighted by Crippen LogP contribution is -2.43. The zero-order chi connectivity index (χ0) is 14.6. The summed E-state index contributed by atoms with van der Waals surface area (Å²) in [4.78, 5) is 2.17. The van der Waals surface area contributed by atoms with Gasteiger partial charge in [0.25, 0.3) is 0 Å². The lowest BCUT2D eigenvalue weighted by molar-refractivity contribution is 0.278. The van der Waals surface area contributed by atoms with Crippen LogP contribution in [0.2, 0.25) is 0 Å². The van der Waals surface area contributed by atoms with Crippen LogP contribution < -0.4 is 5.32 Å². The zero-order valence-corrected chi connectivity index (χ0v) is 13.1. The van der Waals surface area contributed by atoms with Crippen LogP contribution in [0.1, 0.15) is 24.4 Å². The molecule has 2 rings (SSSR count). The van der Waals surface area contributed by atoms with Crippen LogP contribution in [-0.2, 0) is 9.84 Å². The molecule has 112 valence electrons. The smallest absolute Gasteiger partial charge is 0.151 e. The van der Waals surface area contributed by atoms with Crippen LogP contribution in [0.5, 0.6) is 0 Å². The number of likely N-dealkylation sites (N-methyl/N-ethyl adjacent to an activating group) is 1. The number of nitrogens with zero attached hydrogens (tertiary/aromatic N) is 1. The Labute approximate surface area is 122 Å². The lowest BCUT2D eigenvalue weighted by Gasteiger charge is -2.29. The van der Waals surface area contributed by atoms with E-state index in [2.05, 4.69) is 36.4 Å². The molecule has 1 aliphatic rings. The Hall–Kier alpha value is -0.910. The summed E-state index contributed by atoms with van der Waals surface area (Å²) in [6.07, 6.45) is 1.73. The molecular weight excluding hydrogens is 272 g/mol. The molecule has 1 fully saturated rings. The zero-order valence-electron chi connectivity index (χ0n) is 12.2. The fraction of sp³-hybridized carbons (Fsp3) is 0.600. The van der Waals surface area contributed by atoms with Crippen molar-refractivity contribution in [3.63, 3.8) is 0 Å². The number of sulfone groups is 1. The minimum Gasteiger partial charge on any atom is -0.311 e. The van der Waals surface area contributed by atoms with Crippen LogP contribution in [0.4, 0.5) is 0 Å². The van der Waals surface area contributed by atoms with Gasteiger partial charge in [0, 0.05) is 18.6 Å². The third kappa shape index (κ3) is 4.30. The third-order valence-electron chi connectivity index (χ3n) is 3.87. The second-order valence-electron chi connectivity index (χ2n) is 5.75. The van der Waals surface area contributed by atoms with Gasteiger partial charge in [0.2, 0.25) is 0 Å². The Kier molecular flexibility index (Phi) is 5.18. The van der Waals surface area contributed by atoms with Crippen LogP contribution in [0.3, 0.4) is 0 Å². The van der Waals surface area contributed by atoms with E-state index in [0.29, 0.717) is 5.75 Å². The van der Waals surface area contributed by atoms with E-state index in [4.69, 9.17) is 0 Å². The Bertz CT molecular complexity index is 514. The summed E-state index contributed by atoms with van der Waals surface area (Å²) in [6, 6.07) is 10.7. The quantitative estimate of drug-likeness (QED) is 0.893. The maximum Gasteiger partial charge on any atom is 0.151 e. The molecule has 1 N–H and O–H groups in total. The number of benzene rings is 1. The molecule has 1 saturated heterocycles. The summed E-state index contributed by atoms with van der Waals surface area (Å²) in [6.45, 7) is 0.775. The molecule has 2 unspecified atom stereocenters. The predicted octanol–water partition coefficient (Wildman–Crippen LogP) is 1.46. The molecule has 4 nitrogen and oxygen atoms in total. The summed E-state index contributed by atoms with van der Waals surface area (Å²) in [5, 5.41) is 3.44. The number of hydrogen-bond acceptors (Lipinski definition) is 4. The summed E-state index contributed by atoms with van der Waals surface area (Å²) in [5.41, 5.74) is 1.25. The van der Waals surface area contributed by atoms with Crippen molar-refractivity contribution in [2.24, 2.45) is 0 Å². The first-order valence-corrected chi connectivity index (χ1v) is 8.95. The van der Waals surface area contributed by atoms with Crippen molar-refractivity contribution in [2.45, 2.75) is 24.9 Å². The Morgan fingerprint density at radius 1 is 1.30 bits per heavy atom. The second-order valence-corrected chi connectivity index (χ2v) is 7.98. The molecule has 0 aromatic heterocycles. The molecule has 5 heteroatoms. The maximum atomic E-state index is 11.7. The molecule has 0 bridgehead atoms. The van der Waals surface area contributed by atoms with Crippen molar-refractivity contribution in [3.05, 3.63) is 35.9 Å². The van der Waals surface area contributed by atoms with E-state index in [1.165, 1.54) is 5.56 Å². The number of rotatable bonds is 5. The monoisotopic (exact) mass is 296 g/mol.